The van der Waals surface area contributed by atoms with Crippen LogP contribution in [0.5, 0.6) is 0 Å². The minimum atomic E-state index is -1.28. The molecular formula is C17H13N2O3S-. The van der Waals surface area contributed by atoms with Crippen LogP contribution in [0.1, 0.15) is 15.9 Å². The topological polar surface area (TPSA) is 81.3 Å². The predicted octanol–water partition coefficient (Wildman–Crippen LogP) is 1.58. The van der Waals surface area contributed by atoms with E-state index >= 15 is 0 Å². The zero-order valence-electron chi connectivity index (χ0n) is 12.0. The van der Waals surface area contributed by atoms with Crippen LogP contribution in [0.3, 0.4) is 0 Å². The standard InChI is InChI=1S/C17H14N2O3S/c20-15(10-9-12-5-2-1-3-6-12)19-17(23)18-14-8-4-7-13(11-14)16(21)22/h1-11H,(H,21,22)(H2,18,19,20,23)/p-1/b10-9+. The van der Waals surface area contributed by atoms with Gasteiger partial charge in [-0.25, -0.2) is 0 Å². The molecule has 0 saturated heterocycles. The number of anilines is 1. The summed E-state index contributed by atoms with van der Waals surface area (Å²) in [6, 6.07) is 15.3. The quantitative estimate of drug-likeness (QED) is 0.659. The number of carboxylic acid groups (broad SMARTS) is 1. The van der Waals surface area contributed by atoms with E-state index in [2.05, 4.69) is 10.6 Å². The Morgan fingerprint density at radius 1 is 1.04 bits per heavy atom. The van der Waals surface area contributed by atoms with E-state index in [1.54, 1.807) is 18.2 Å². The predicted molar refractivity (Wildman–Crippen MR) is 90.6 cm³/mol. The Bertz CT molecular complexity index is 757. The molecule has 0 aliphatic heterocycles. The van der Waals surface area contributed by atoms with Gasteiger partial charge in [0.2, 0.25) is 5.91 Å². The molecule has 0 spiro atoms. The molecule has 0 heterocycles. The fraction of sp³-hybridized carbons (Fsp3) is 0. The van der Waals surface area contributed by atoms with Gasteiger partial charge in [0, 0.05) is 11.8 Å². The first-order valence-electron chi connectivity index (χ1n) is 6.71. The van der Waals surface area contributed by atoms with E-state index in [0.717, 1.165) is 5.56 Å². The maximum Gasteiger partial charge on any atom is 0.250 e. The fourth-order valence-corrected chi connectivity index (χ4v) is 1.99. The lowest BCUT2D eigenvalue weighted by Crippen LogP contribution is -2.33. The number of carbonyl (C=O) groups is 2. The van der Waals surface area contributed by atoms with E-state index in [-0.39, 0.29) is 16.6 Å². The summed E-state index contributed by atoms with van der Waals surface area (Å²) >= 11 is 5.01. The first-order chi connectivity index (χ1) is 11.0. The molecule has 0 radical (unpaired) electrons. The Morgan fingerprint density at radius 3 is 2.48 bits per heavy atom. The Kier molecular flexibility index (Phi) is 5.60. The largest absolute Gasteiger partial charge is 0.545 e. The third-order valence-electron chi connectivity index (χ3n) is 2.82. The van der Waals surface area contributed by atoms with Gasteiger partial charge in [0.1, 0.15) is 0 Å². The molecule has 0 bridgehead atoms. The van der Waals surface area contributed by atoms with Crippen LogP contribution in [0.2, 0.25) is 0 Å². The van der Waals surface area contributed by atoms with Crippen molar-refractivity contribution in [2.75, 3.05) is 5.32 Å². The van der Waals surface area contributed by atoms with Gasteiger partial charge >= 0.3 is 0 Å². The monoisotopic (exact) mass is 325 g/mol. The van der Waals surface area contributed by atoms with Crippen molar-refractivity contribution in [1.82, 2.24) is 5.32 Å². The second-order valence-corrected chi connectivity index (χ2v) is 4.96. The molecule has 23 heavy (non-hydrogen) atoms. The molecule has 0 aromatic heterocycles. The summed E-state index contributed by atoms with van der Waals surface area (Å²) in [4.78, 5) is 22.5. The van der Waals surface area contributed by atoms with E-state index in [1.807, 2.05) is 30.3 Å². The van der Waals surface area contributed by atoms with Crippen molar-refractivity contribution in [3.05, 3.63) is 71.8 Å². The van der Waals surface area contributed by atoms with Crippen LogP contribution in [0.4, 0.5) is 5.69 Å². The number of rotatable bonds is 4. The van der Waals surface area contributed by atoms with Crippen molar-refractivity contribution >= 4 is 41.0 Å². The van der Waals surface area contributed by atoms with Crippen LogP contribution in [-0.4, -0.2) is 17.0 Å². The van der Waals surface area contributed by atoms with Gasteiger partial charge in [0.05, 0.1) is 5.97 Å². The lowest BCUT2D eigenvalue weighted by molar-refractivity contribution is -0.255. The summed E-state index contributed by atoms with van der Waals surface area (Å²) in [5, 5.41) is 16.1. The SMILES string of the molecule is O=C(/C=C/c1ccccc1)NC(=S)Nc1cccc(C(=O)[O-])c1. The number of amides is 1. The number of carboxylic acids is 1. The van der Waals surface area contributed by atoms with Gasteiger partial charge in [-0.05, 0) is 41.6 Å². The average molecular weight is 325 g/mol. The van der Waals surface area contributed by atoms with Crippen LogP contribution >= 0.6 is 12.2 Å². The second-order valence-electron chi connectivity index (χ2n) is 4.56. The summed E-state index contributed by atoms with van der Waals surface area (Å²) in [7, 11) is 0. The van der Waals surface area contributed by atoms with Crippen LogP contribution in [-0.2, 0) is 4.79 Å². The highest BCUT2D eigenvalue weighted by molar-refractivity contribution is 7.80. The van der Waals surface area contributed by atoms with Crippen molar-refractivity contribution in [2.24, 2.45) is 0 Å². The smallest absolute Gasteiger partial charge is 0.250 e. The molecule has 6 heteroatoms. The molecule has 116 valence electrons. The van der Waals surface area contributed by atoms with Gasteiger partial charge in [-0.15, -0.1) is 0 Å². The number of nitrogens with one attached hydrogen (secondary N) is 2. The third-order valence-corrected chi connectivity index (χ3v) is 3.02. The summed E-state index contributed by atoms with van der Waals surface area (Å²) < 4.78 is 0. The van der Waals surface area contributed by atoms with Crippen molar-refractivity contribution in [2.45, 2.75) is 0 Å². The van der Waals surface area contributed by atoms with Gasteiger partial charge in [-0.1, -0.05) is 42.5 Å². The number of benzene rings is 2. The zero-order valence-corrected chi connectivity index (χ0v) is 12.8. The van der Waals surface area contributed by atoms with Crippen molar-refractivity contribution < 1.29 is 14.7 Å². The molecule has 0 saturated carbocycles. The number of carbonyl (C=O) groups excluding carboxylic acids is 2. The number of thiocarbonyl (C=S) groups is 1. The normalized spacial score (nSPS) is 10.3. The Morgan fingerprint density at radius 2 is 1.78 bits per heavy atom. The maximum atomic E-state index is 11.8. The van der Waals surface area contributed by atoms with E-state index < -0.39 is 5.97 Å². The van der Waals surface area contributed by atoms with E-state index in [4.69, 9.17) is 12.2 Å². The summed E-state index contributed by atoms with van der Waals surface area (Å²) in [6.45, 7) is 0. The van der Waals surface area contributed by atoms with E-state index in [9.17, 15) is 14.7 Å². The minimum absolute atomic E-state index is 0.0214. The molecule has 5 nitrogen and oxygen atoms in total. The van der Waals surface area contributed by atoms with Crippen molar-refractivity contribution in [1.29, 1.82) is 0 Å². The molecule has 2 aromatic carbocycles. The van der Waals surface area contributed by atoms with Crippen molar-refractivity contribution in [3.63, 3.8) is 0 Å². The highest BCUT2D eigenvalue weighted by atomic mass is 32.1. The van der Waals surface area contributed by atoms with Gasteiger partial charge in [0.15, 0.2) is 5.11 Å². The van der Waals surface area contributed by atoms with E-state index in [0.29, 0.717) is 5.69 Å². The number of aromatic carboxylic acids is 1. The zero-order chi connectivity index (χ0) is 16.7. The van der Waals surface area contributed by atoms with Gasteiger partial charge < -0.3 is 15.2 Å². The summed E-state index contributed by atoms with van der Waals surface area (Å²) in [6.07, 6.45) is 3.02. The van der Waals surface area contributed by atoms with Crippen molar-refractivity contribution in [3.8, 4) is 0 Å². The lowest BCUT2D eigenvalue weighted by Gasteiger charge is -2.10. The molecule has 0 atom stereocenters. The highest BCUT2D eigenvalue weighted by Gasteiger charge is 2.02. The lowest BCUT2D eigenvalue weighted by atomic mass is 10.2. The Hall–Kier alpha value is -2.99. The third kappa shape index (κ3) is 5.37. The molecule has 0 fully saturated rings. The van der Waals surface area contributed by atoms with Crippen LogP contribution in [0.15, 0.2) is 60.7 Å². The molecular weight excluding hydrogens is 312 g/mol. The number of hydrogen-bond acceptors (Lipinski definition) is 4. The summed E-state index contributed by atoms with van der Waals surface area (Å²) in [5.74, 6) is -1.67. The van der Waals surface area contributed by atoms with Gasteiger partial charge in [-0.2, -0.15) is 0 Å². The summed E-state index contributed by atoms with van der Waals surface area (Å²) in [5.41, 5.74) is 1.36. The molecule has 2 rings (SSSR count). The van der Waals surface area contributed by atoms with Gasteiger partial charge in [-0.3, -0.25) is 10.1 Å². The minimum Gasteiger partial charge on any atom is -0.545 e. The molecule has 0 aliphatic rings. The Labute approximate surface area is 138 Å². The number of hydrogen-bond donors (Lipinski definition) is 2. The van der Waals surface area contributed by atoms with E-state index in [1.165, 1.54) is 18.2 Å². The first kappa shape index (κ1) is 16.4. The van der Waals surface area contributed by atoms with Crippen LogP contribution in [0, 0.1) is 0 Å². The second kappa shape index (κ2) is 7.86. The first-order valence-corrected chi connectivity index (χ1v) is 7.12. The highest BCUT2D eigenvalue weighted by Crippen LogP contribution is 2.09. The molecule has 1 amide bonds. The molecule has 2 N–H and O–H groups in total. The fourth-order valence-electron chi connectivity index (χ4n) is 1.78. The van der Waals surface area contributed by atoms with Crippen LogP contribution in [0.25, 0.3) is 6.08 Å². The molecule has 2 aromatic rings. The molecule has 0 unspecified atom stereocenters. The maximum absolute atomic E-state index is 11.8. The van der Waals surface area contributed by atoms with Crippen LogP contribution < -0.4 is 15.7 Å². The van der Waals surface area contributed by atoms with Gasteiger partial charge in [0.25, 0.3) is 0 Å². The molecule has 0 aliphatic carbocycles. The average Bonchev–Trinajstić information content (AvgIpc) is 2.54. The Balaban J connectivity index is 1.92.